The summed E-state index contributed by atoms with van der Waals surface area (Å²) in [7, 11) is 0. The zero-order chi connectivity index (χ0) is 50.6. The van der Waals surface area contributed by atoms with Gasteiger partial charge in [-0.1, -0.05) is 67.8 Å². The van der Waals surface area contributed by atoms with E-state index in [0.717, 1.165) is 43.0 Å². The van der Waals surface area contributed by atoms with E-state index in [-0.39, 0.29) is 63.4 Å². The van der Waals surface area contributed by atoms with Crippen LogP contribution in [-0.2, 0) is 57.6 Å². The maximum atomic E-state index is 14.5. The average molecular weight is 969 g/mol. The highest BCUT2D eigenvalue weighted by Crippen LogP contribution is 2.26. The van der Waals surface area contributed by atoms with Gasteiger partial charge in [-0.05, 0) is 55.2 Å². The number of aromatic nitrogens is 3. The number of aliphatic imine (C=N–C) groups is 1. The third-order valence-electron chi connectivity index (χ3n) is 12.0. The number of hydrogen-bond acceptors (Lipinski definition) is 11. The predicted molar refractivity (Wildman–Crippen MR) is 258 cm³/mol. The number of aromatic amines is 2. The fourth-order valence-corrected chi connectivity index (χ4v) is 8.29. The van der Waals surface area contributed by atoms with Gasteiger partial charge in [0.25, 0.3) is 0 Å². The largest absolute Gasteiger partial charge is 0.480 e. The molecule has 376 valence electrons. The van der Waals surface area contributed by atoms with E-state index in [0.29, 0.717) is 16.8 Å². The SMILES string of the molecule is NC(=O)CC[C@H](NC(=O)C(N)C1CCCCC1)C(=O)N[C@@H](Cc1cnc[nH]1)C(=O)N[C@@H](Cc1ccccc1)C(=O)N[C@@H](CCCN=C(N)N)C(=O)N[C@@H](Cc1c[nH]c2ccccc12)C(=O)NCC(=O)O. The van der Waals surface area contributed by atoms with Crippen molar-refractivity contribution in [3.63, 3.8) is 0 Å². The fourth-order valence-electron chi connectivity index (χ4n) is 8.29. The number of para-hydroxylation sites is 1. The van der Waals surface area contributed by atoms with Crippen LogP contribution in [0.4, 0.5) is 0 Å². The van der Waals surface area contributed by atoms with E-state index >= 15 is 0 Å². The van der Waals surface area contributed by atoms with Gasteiger partial charge in [-0.3, -0.25) is 43.3 Å². The van der Waals surface area contributed by atoms with E-state index in [1.54, 1.807) is 42.6 Å². The quantitative estimate of drug-likeness (QED) is 0.0189. The highest BCUT2D eigenvalue weighted by atomic mass is 16.4. The summed E-state index contributed by atoms with van der Waals surface area (Å²) in [6.07, 6.45) is 8.17. The molecule has 2 aromatic carbocycles. The van der Waals surface area contributed by atoms with E-state index in [4.69, 9.17) is 22.9 Å². The third-order valence-corrected chi connectivity index (χ3v) is 12.0. The number of carboxylic acids is 1. The van der Waals surface area contributed by atoms with Crippen LogP contribution in [0.5, 0.6) is 0 Å². The van der Waals surface area contributed by atoms with E-state index in [9.17, 15) is 43.5 Å². The number of guanidine groups is 1. The summed E-state index contributed by atoms with van der Waals surface area (Å²) in [6.45, 7) is -0.663. The summed E-state index contributed by atoms with van der Waals surface area (Å²) in [6, 6.07) is 8.27. The van der Waals surface area contributed by atoms with Gasteiger partial charge in [-0.25, -0.2) is 4.98 Å². The first kappa shape index (κ1) is 53.1. The number of carbonyl (C=O) groups is 8. The molecule has 17 N–H and O–H groups in total. The second kappa shape index (κ2) is 26.7. The van der Waals surface area contributed by atoms with Crippen molar-refractivity contribution in [3.8, 4) is 0 Å². The highest BCUT2D eigenvalue weighted by molar-refractivity contribution is 5.97. The predicted octanol–water partition coefficient (Wildman–Crippen LogP) is -1.23. The number of aliphatic carboxylic acids is 1. The van der Waals surface area contributed by atoms with Gasteiger partial charge in [0.15, 0.2) is 5.96 Å². The number of H-pyrrole nitrogens is 2. The lowest BCUT2D eigenvalue weighted by molar-refractivity contribution is -0.138. The number of carbonyl (C=O) groups excluding carboxylic acids is 7. The van der Waals surface area contributed by atoms with Gasteiger partial charge < -0.3 is 69.9 Å². The first-order chi connectivity index (χ1) is 33.6. The molecule has 0 bridgehead atoms. The molecule has 1 fully saturated rings. The van der Waals surface area contributed by atoms with Crippen molar-refractivity contribution >= 4 is 64.2 Å². The Labute approximate surface area is 403 Å². The molecule has 0 aliphatic heterocycles. The van der Waals surface area contributed by atoms with Crippen molar-refractivity contribution in [3.05, 3.63) is 90.1 Å². The minimum atomic E-state index is -1.40. The van der Waals surface area contributed by atoms with Crippen molar-refractivity contribution in [1.29, 1.82) is 0 Å². The number of hydrogen-bond donors (Lipinski definition) is 13. The van der Waals surface area contributed by atoms with Crippen LogP contribution in [-0.4, -0.2) is 123 Å². The molecule has 1 aliphatic carbocycles. The number of rotatable bonds is 27. The summed E-state index contributed by atoms with van der Waals surface area (Å²) in [5.41, 5.74) is 25.3. The number of benzene rings is 2. The van der Waals surface area contributed by atoms with E-state index in [1.165, 1.54) is 12.5 Å². The summed E-state index contributed by atoms with van der Waals surface area (Å²) < 4.78 is 0. The van der Waals surface area contributed by atoms with Crippen LogP contribution < -0.4 is 54.8 Å². The number of nitrogens with two attached hydrogens (primary N) is 4. The molecule has 4 aromatic rings. The molecule has 6 atom stereocenters. The molecule has 70 heavy (non-hydrogen) atoms. The number of nitrogens with one attached hydrogen (secondary N) is 8. The molecule has 1 aliphatic rings. The molecular formula is C47H64N14O9. The van der Waals surface area contributed by atoms with Crippen LogP contribution in [0.15, 0.2) is 78.3 Å². The van der Waals surface area contributed by atoms with Crippen molar-refractivity contribution in [2.75, 3.05) is 13.1 Å². The van der Waals surface area contributed by atoms with Crippen LogP contribution in [0.2, 0.25) is 0 Å². The second-order valence-corrected chi connectivity index (χ2v) is 17.3. The Bertz CT molecular complexity index is 2430. The maximum Gasteiger partial charge on any atom is 0.322 e. The zero-order valence-corrected chi connectivity index (χ0v) is 38.8. The van der Waals surface area contributed by atoms with E-state index in [2.05, 4.69) is 51.8 Å². The Morgan fingerprint density at radius 1 is 0.686 bits per heavy atom. The average Bonchev–Trinajstić information content (AvgIpc) is 4.02. The number of carboxylic acid groups (broad SMARTS) is 1. The molecule has 7 amide bonds. The first-order valence-electron chi connectivity index (χ1n) is 23.2. The molecule has 2 aromatic heterocycles. The standard InChI is InChI=1S/C47H64N14O9/c48-38(62)18-17-34(58-46(70)40(49)28-12-5-2-6-13-28)43(67)61-37(22-30-24-52-26-56-30)45(69)59-35(20-27-10-3-1-4-11-27)44(68)57-33(16-9-19-53-47(50)51)42(66)60-36(41(65)55-25-39(63)64)21-29-23-54-32-15-8-7-14-31(29)32/h1,3-4,7-8,10-11,14-15,23-24,26,28,33-37,40,54H,2,5-6,9,12-13,16-22,25,49H2,(H2,48,62)(H,52,56)(H,55,65)(H,57,68)(H,58,70)(H,59,69)(H,60,66)(H,61,67)(H,63,64)(H4,50,51,53)/t33-,34-,35-,36-,37-,40?/m0/s1. The van der Waals surface area contributed by atoms with Gasteiger partial charge in [0.05, 0.1) is 12.4 Å². The molecule has 0 radical (unpaired) electrons. The molecule has 5 rings (SSSR count). The minimum Gasteiger partial charge on any atom is -0.480 e. The molecule has 2 heterocycles. The van der Waals surface area contributed by atoms with Gasteiger partial charge in [0.1, 0.15) is 36.8 Å². The Kier molecular flexibility index (Phi) is 20.2. The van der Waals surface area contributed by atoms with Crippen LogP contribution >= 0.6 is 0 Å². The van der Waals surface area contributed by atoms with Crippen LogP contribution in [0.3, 0.4) is 0 Å². The van der Waals surface area contributed by atoms with Gasteiger partial charge in [-0.2, -0.15) is 0 Å². The Hall–Kier alpha value is -7.82. The molecule has 1 unspecified atom stereocenters. The van der Waals surface area contributed by atoms with Gasteiger partial charge >= 0.3 is 5.97 Å². The molecule has 0 spiro atoms. The zero-order valence-electron chi connectivity index (χ0n) is 38.8. The van der Waals surface area contributed by atoms with Crippen molar-refractivity contribution in [1.82, 2.24) is 46.9 Å². The van der Waals surface area contributed by atoms with Gasteiger partial charge in [-0.15, -0.1) is 0 Å². The van der Waals surface area contributed by atoms with Crippen molar-refractivity contribution in [2.24, 2.45) is 33.8 Å². The maximum absolute atomic E-state index is 14.5. The molecule has 1 saturated carbocycles. The summed E-state index contributed by atoms with van der Waals surface area (Å²) in [5, 5.41) is 25.9. The number of imidazole rings is 1. The Balaban J connectivity index is 1.40. The van der Waals surface area contributed by atoms with E-state index < -0.39 is 90.1 Å². The lowest BCUT2D eigenvalue weighted by Gasteiger charge is -2.29. The van der Waals surface area contributed by atoms with Crippen molar-refractivity contribution < 1.29 is 43.5 Å². The third kappa shape index (κ3) is 16.7. The lowest BCUT2D eigenvalue weighted by Crippen LogP contribution is -2.60. The molecule has 0 saturated heterocycles. The van der Waals surface area contributed by atoms with Gasteiger partial charge in [0.2, 0.25) is 41.4 Å². The number of amides is 7. The summed E-state index contributed by atoms with van der Waals surface area (Å²) >= 11 is 0. The van der Waals surface area contributed by atoms with Crippen LogP contribution in [0, 0.1) is 5.92 Å². The Morgan fingerprint density at radius 3 is 1.90 bits per heavy atom. The second-order valence-electron chi connectivity index (χ2n) is 17.3. The highest BCUT2D eigenvalue weighted by Gasteiger charge is 2.35. The Morgan fingerprint density at radius 2 is 1.27 bits per heavy atom. The summed E-state index contributed by atoms with van der Waals surface area (Å²) in [4.78, 5) is 122. The molecule has 23 nitrogen and oxygen atoms in total. The van der Waals surface area contributed by atoms with Crippen LogP contribution in [0.25, 0.3) is 10.9 Å². The normalized spacial score (nSPS) is 15.2. The smallest absolute Gasteiger partial charge is 0.322 e. The first-order valence-corrected chi connectivity index (χ1v) is 23.2. The lowest BCUT2D eigenvalue weighted by atomic mass is 9.84. The minimum absolute atomic E-state index is 0.0573. The fraction of sp³-hybridized carbons (Fsp3) is 0.447. The monoisotopic (exact) mass is 968 g/mol. The number of fused-ring (bicyclic) bond motifs is 1. The van der Waals surface area contributed by atoms with Crippen molar-refractivity contribution in [2.45, 2.75) is 113 Å². The molecule has 23 heteroatoms. The number of primary amides is 1. The van der Waals surface area contributed by atoms with E-state index in [1.807, 2.05) is 18.2 Å². The summed E-state index contributed by atoms with van der Waals surface area (Å²) in [5.74, 6) is -7.00. The van der Waals surface area contributed by atoms with Gasteiger partial charge in [0, 0.05) is 61.2 Å². The number of nitrogens with zero attached hydrogens (tertiary/aromatic N) is 2. The topological polar surface area (TPSA) is 390 Å². The molecular weight excluding hydrogens is 905 g/mol. The van der Waals surface area contributed by atoms with Crippen LogP contribution in [0.1, 0.15) is 74.6 Å².